The van der Waals surface area contributed by atoms with Gasteiger partial charge in [-0.3, -0.25) is 0 Å². The van der Waals surface area contributed by atoms with Crippen molar-refractivity contribution in [2.75, 3.05) is 7.11 Å². The fraction of sp³-hybridized carbons (Fsp3) is 0.286. The number of benzene rings is 2. The third-order valence-corrected chi connectivity index (χ3v) is 4.56. The lowest BCUT2D eigenvalue weighted by Crippen LogP contribution is -2.24. The lowest BCUT2D eigenvalue weighted by atomic mass is 9.96. The van der Waals surface area contributed by atoms with Gasteiger partial charge in [0.05, 0.1) is 18.8 Å². The number of methoxy groups -OCH3 is 1. The van der Waals surface area contributed by atoms with Crippen LogP contribution in [0, 0.1) is 0 Å². The second kappa shape index (κ2) is 7.96. The molecule has 0 atom stereocenters. The summed E-state index contributed by atoms with van der Waals surface area (Å²) in [5.74, 6) is -0.586. The topological polar surface area (TPSA) is 55.8 Å². The number of halogens is 3. The molecule has 1 aliphatic carbocycles. The van der Waals surface area contributed by atoms with Gasteiger partial charge in [-0.15, -0.1) is 0 Å². The second-order valence-corrected chi connectivity index (χ2v) is 6.52. The van der Waals surface area contributed by atoms with Crippen LogP contribution in [0.3, 0.4) is 0 Å². The average molecular weight is 392 g/mol. The summed E-state index contributed by atoms with van der Waals surface area (Å²) in [5, 5.41) is 10.3. The first-order valence-electron chi connectivity index (χ1n) is 8.75. The lowest BCUT2D eigenvalue weighted by molar-refractivity contribution is -0.137. The van der Waals surface area contributed by atoms with E-state index < -0.39 is 17.7 Å². The van der Waals surface area contributed by atoms with Crippen LogP contribution in [0.1, 0.15) is 46.3 Å². The number of hydrogen-bond donors (Lipinski definition) is 1. The first kappa shape index (κ1) is 19.8. The molecule has 1 aliphatic rings. The Morgan fingerprint density at radius 1 is 1.14 bits per heavy atom. The minimum Gasteiger partial charge on any atom is -0.507 e. The van der Waals surface area contributed by atoms with Crippen molar-refractivity contribution in [3.8, 4) is 11.5 Å². The Labute approximate surface area is 160 Å². The molecule has 0 heterocycles. The van der Waals surface area contributed by atoms with E-state index >= 15 is 0 Å². The van der Waals surface area contributed by atoms with E-state index in [9.17, 15) is 23.1 Å². The molecule has 1 saturated carbocycles. The van der Waals surface area contributed by atoms with Crippen LogP contribution in [0.15, 0.2) is 36.4 Å². The first-order valence-corrected chi connectivity index (χ1v) is 8.75. The Morgan fingerprint density at radius 2 is 1.82 bits per heavy atom. The van der Waals surface area contributed by atoms with Gasteiger partial charge < -0.3 is 14.6 Å². The summed E-state index contributed by atoms with van der Waals surface area (Å²) < 4.78 is 48.5. The van der Waals surface area contributed by atoms with Crippen LogP contribution in [0.4, 0.5) is 13.2 Å². The molecule has 0 radical (unpaired) electrons. The van der Waals surface area contributed by atoms with Gasteiger partial charge in [0.15, 0.2) is 0 Å². The number of esters is 1. The Hall–Kier alpha value is -2.96. The number of phenols is 1. The maximum Gasteiger partial charge on any atom is 0.416 e. The average Bonchev–Trinajstić information content (AvgIpc) is 2.62. The minimum atomic E-state index is -4.40. The molecule has 2 aromatic carbocycles. The van der Waals surface area contributed by atoms with Crippen molar-refractivity contribution in [3.05, 3.63) is 58.7 Å². The lowest BCUT2D eigenvalue weighted by Gasteiger charge is -2.26. The molecule has 0 bridgehead atoms. The molecule has 0 saturated heterocycles. The molecule has 0 aliphatic heterocycles. The molecule has 7 heteroatoms. The molecule has 3 rings (SSSR count). The zero-order valence-corrected chi connectivity index (χ0v) is 15.1. The van der Waals surface area contributed by atoms with E-state index in [0.29, 0.717) is 16.9 Å². The highest BCUT2D eigenvalue weighted by molar-refractivity contribution is 5.98. The molecular formula is C21H19F3O4. The molecule has 0 unspecified atom stereocenters. The van der Waals surface area contributed by atoms with Gasteiger partial charge in [-0.2, -0.15) is 13.2 Å². The number of ether oxygens (including phenoxy) is 2. The number of rotatable bonds is 5. The second-order valence-electron chi connectivity index (χ2n) is 6.52. The number of alkyl halides is 3. The van der Waals surface area contributed by atoms with Crippen molar-refractivity contribution in [1.82, 2.24) is 0 Å². The number of aromatic hydroxyl groups is 1. The fourth-order valence-electron chi connectivity index (χ4n) is 2.80. The minimum absolute atomic E-state index is 0.0355. The van der Waals surface area contributed by atoms with Crippen molar-refractivity contribution >= 4 is 18.1 Å². The van der Waals surface area contributed by atoms with E-state index in [1.165, 1.54) is 31.4 Å². The van der Waals surface area contributed by atoms with Gasteiger partial charge in [0.2, 0.25) is 0 Å². The van der Waals surface area contributed by atoms with Crippen LogP contribution >= 0.6 is 0 Å². The molecule has 1 N–H and O–H groups in total. The number of phenolic OH excluding ortho intramolecular Hbond substituents is 1. The van der Waals surface area contributed by atoms with Crippen LogP contribution in [0.2, 0.25) is 0 Å². The molecule has 2 aromatic rings. The Bertz CT molecular complexity index is 882. The van der Waals surface area contributed by atoms with Crippen molar-refractivity contribution < 1.29 is 32.5 Å². The third kappa shape index (κ3) is 4.47. The highest BCUT2D eigenvalue weighted by Crippen LogP contribution is 2.33. The van der Waals surface area contributed by atoms with E-state index in [1.54, 1.807) is 12.1 Å². The van der Waals surface area contributed by atoms with Gasteiger partial charge in [0.25, 0.3) is 0 Å². The van der Waals surface area contributed by atoms with E-state index in [1.807, 2.05) is 0 Å². The van der Waals surface area contributed by atoms with Gasteiger partial charge in [0, 0.05) is 6.07 Å². The Balaban J connectivity index is 1.91. The van der Waals surface area contributed by atoms with Gasteiger partial charge in [-0.25, -0.2) is 4.79 Å². The Morgan fingerprint density at radius 3 is 2.36 bits per heavy atom. The van der Waals surface area contributed by atoms with Crippen molar-refractivity contribution in [2.45, 2.75) is 31.5 Å². The summed E-state index contributed by atoms with van der Waals surface area (Å²) in [6, 6.07) is 7.57. The predicted molar refractivity (Wildman–Crippen MR) is 98.1 cm³/mol. The molecule has 0 amide bonds. The summed E-state index contributed by atoms with van der Waals surface area (Å²) in [7, 11) is 1.20. The SMILES string of the molecule is COC(=O)c1c(O)cc(OC2CCC2)cc1C=Cc1ccc(C(F)(F)F)cc1. The van der Waals surface area contributed by atoms with Gasteiger partial charge in [-0.05, 0) is 48.6 Å². The van der Waals surface area contributed by atoms with Gasteiger partial charge in [-0.1, -0.05) is 24.3 Å². The van der Waals surface area contributed by atoms with E-state index in [2.05, 4.69) is 0 Å². The van der Waals surface area contributed by atoms with Crippen molar-refractivity contribution in [3.63, 3.8) is 0 Å². The monoisotopic (exact) mass is 392 g/mol. The highest BCUT2D eigenvalue weighted by Gasteiger charge is 2.29. The normalized spacial score (nSPS) is 14.7. The van der Waals surface area contributed by atoms with Gasteiger partial charge in [0.1, 0.15) is 17.1 Å². The Kier molecular flexibility index (Phi) is 5.63. The molecule has 4 nitrogen and oxygen atoms in total. The summed E-state index contributed by atoms with van der Waals surface area (Å²) in [4.78, 5) is 12.0. The number of carbonyl (C=O) groups is 1. The molecule has 148 valence electrons. The summed E-state index contributed by atoms with van der Waals surface area (Å²) >= 11 is 0. The molecular weight excluding hydrogens is 373 g/mol. The van der Waals surface area contributed by atoms with Gasteiger partial charge >= 0.3 is 12.1 Å². The highest BCUT2D eigenvalue weighted by atomic mass is 19.4. The summed E-state index contributed by atoms with van der Waals surface area (Å²) in [6.07, 6.45) is 1.69. The van der Waals surface area contributed by atoms with Crippen LogP contribution in [-0.4, -0.2) is 24.3 Å². The van der Waals surface area contributed by atoms with Crippen molar-refractivity contribution in [1.29, 1.82) is 0 Å². The molecule has 0 spiro atoms. The fourth-order valence-corrected chi connectivity index (χ4v) is 2.80. The molecule has 28 heavy (non-hydrogen) atoms. The smallest absolute Gasteiger partial charge is 0.416 e. The zero-order chi connectivity index (χ0) is 20.3. The molecule has 1 fully saturated rings. The standard InChI is InChI=1S/C21H19F3O4/c1-27-20(26)19-14(11-17(12-18(19)25)28-16-3-2-4-16)8-5-13-6-9-15(10-7-13)21(22,23)24/h5-12,16,25H,2-4H2,1H3. The van der Waals surface area contributed by atoms with E-state index in [0.717, 1.165) is 31.4 Å². The maximum absolute atomic E-state index is 12.7. The summed E-state index contributed by atoms with van der Waals surface area (Å²) in [5.41, 5.74) is 0.0785. The zero-order valence-electron chi connectivity index (χ0n) is 15.1. The van der Waals surface area contributed by atoms with Crippen LogP contribution in [0.5, 0.6) is 11.5 Å². The largest absolute Gasteiger partial charge is 0.507 e. The molecule has 0 aromatic heterocycles. The first-order chi connectivity index (χ1) is 13.3. The number of carbonyl (C=O) groups excluding carboxylic acids is 1. The summed E-state index contributed by atoms with van der Waals surface area (Å²) in [6.45, 7) is 0. The van der Waals surface area contributed by atoms with Crippen LogP contribution < -0.4 is 4.74 Å². The van der Waals surface area contributed by atoms with Crippen molar-refractivity contribution in [2.24, 2.45) is 0 Å². The van der Waals surface area contributed by atoms with Crippen LogP contribution in [0.25, 0.3) is 12.2 Å². The van der Waals surface area contributed by atoms with E-state index in [-0.39, 0.29) is 17.4 Å². The quantitative estimate of drug-likeness (QED) is 0.554. The van der Waals surface area contributed by atoms with E-state index in [4.69, 9.17) is 9.47 Å². The third-order valence-electron chi connectivity index (χ3n) is 4.56. The maximum atomic E-state index is 12.7. The van der Waals surface area contributed by atoms with Crippen LogP contribution in [-0.2, 0) is 10.9 Å². The predicted octanol–water partition coefficient (Wildman–Crippen LogP) is 5.30. The number of hydrogen-bond acceptors (Lipinski definition) is 4.